The average Bonchev–Trinajstić information content (AvgIpc) is 3.30. The fraction of sp³-hybridized carbons (Fsp3) is 0.902. The Bertz CT molecular complexity index is 2050. The first-order chi connectivity index (χ1) is 33.6. The fourth-order valence-electron chi connectivity index (χ4n) is 15.7. The van der Waals surface area contributed by atoms with Gasteiger partial charge in [0.1, 0.15) is 54.9 Å². The predicted octanol–water partition coefficient (Wildman–Crippen LogP) is 0.994. The van der Waals surface area contributed by atoms with Crippen LogP contribution < -0.4 is 0 Å². The molecular formula is C51H80O21. The quantitative estimate of drug-likeness (QED) is 0.0740. The number of methoxy groups -OCH3 is 1. The summed E-state index contributed by atoms with van der Waals surface area (Å²) >= 11 is 0. The van der Waals surface area contributed by atoms with E-state index >= 15 is 0 Å². The summed E-state index contributed by atoms with van der Waals surface area (Å²) in [6.07, 6.45) is -20.6. The van der Waals surface area contributed by atoms with Gasteiger partial charge in [0.05, 0.1) is 25.4 Å². The number of carboxylic acid groups (broad SMARTS) is 2. The van der Waals surface area contributed by atoms with Crippen LogP contribution in [0.1, 0.15) is 113 Å². The van der Waals surface area contributed by atoms with Crippen molar-refractivity contribution in [1.82, 2.24) is 0 Å². The molecule has 8 aliphatic rings. The molecular weight excluding hydrogens is 949 g/mol. The highest BCUT2D eigenvalue weighted by atomic mass is 16.8. The Kier molecular flexibility index (Phi) is 15.4. The van der Waals surface area contributed by atoms with Crippen molar-refractivity contribution in [2.24, 2.45) is 50.2 Å². The number of hydrogen-bond acceptors (Lipinski definition) is 19. The molecule has 0 spiro atoms. The van der Waals surface area contributed by atoms with Gasteiger partial charge >= 0.3 is 17.9 Å². The third-order valence-electron chi connectivity index (χ3n) is 20.0. The van der Waals surface area contributed by atoms with Crippen molar-refractivity contribution in [2.45, 2.75) is 218 Å². The molecule has 7 fully saturated rings. The number of aliphatic hydroxyl groups is 8. The van der Waals surface area contributed by atoms with Gasteiger partial charge in [-0.25, -0.2) is 9.59 Å². The van der Waals surface area contributed by atoms with Gasteiger partial charge < -0.3 is 89.0 Å². The zero-order chi connectivity index (χ0) is 53.0. The molecule has 0 bridgehead atoms. The number of esters is 1. The number of carboxylic acids is 2. The maximum Gasteiger partial charge on any atom is 0.335 e. The molecule has 0 radical (unpaired) electrons. The molecule has 25 atom stereocenters. The van der Waals surface area contributed by atoms with E-state index in [1.54, 1.807) is 0 Å². The highest BCUT2D eigenvalue weighted by Gasteiger charge is 2.70. The first-order valence-corrected chi connectivity index (χ1v) is 25.7. The van der Waals surface area contributed by atoms with E-state index in [0.29, 0.717) is 19.3 Å². The maximum atomic E-state index is 12.6. The molecule has 3 saturated heterocycles. The maximum absolute atomic E-state index is 12.6. The van der Waals surface area contributed by atoms with Crippen LogP contribution in [-0.4, -0.2) is 194 Å². The molecule has 21 heteroatoms. The Morgan fingerprint density at radius 2 is 1.24 bits per heavy atom. The zero-order valence-corrected chi connectivity index (χ0v) is 42.9. The van der Waals surface area contributed by atoms with Crippen LogP contribution in [0.2, 0.25) is 0 Å². The minimum atomic E-state index is -2.20. The van der Waals surface area contributed by atoms with Gasteiger partial charge in [-0.05, 0) is 97.2 Å². The Labute approximate surface area is 420 Å². The first-order valence-electron chi connectivity index (χ1n) is 25.7. The summed E-state index contributed by atoms with van der Waals surface area (Å²) < 4.78 is 46.9. The second-order valence-electron chi connectivity index (χ2n) is 24.4. The molecule has 5 aliphatic carbocycles. The third-order valence-corrected chi connectivity index (χ3v) is 20.0. The van der Waals surface area contributed by atoms with Gasteiger partial charge in [-0.15, -0.1) is 0 Å². The number of carbonyl (C=O) groups is 3. The lowest BCUT2D eigenvalue weighted by atomic mass is 9.33. The van der Waals surface area contributed by atoms with Gasteiger partial charge in [0, 0.05) is 24.9 Å². The predicted molar refractivity (Wildman–Crippen MR) is 247 cm³/mol. The van der Waals surface area contributed by atoms with Crippen LogP contribution in [0.5, 0.6) is 0 Å². The molecule has 25 unspecified atom stereocenters. The summed E-state index contributed by atoms with van der Waals surface area (Å²) in [6.45, 7) is 15.8. The fourth-order valence-corrected chi connectivity index (χ4v) is 15.7. The van der Waals surface area contributed by atoms with Crippen molar-refractivity contribution in [3.05, 3.63) is 11.6 Å². The van der Waals surface area contributed by atoms with E-state index in [1.807, 2.05) is 6.92 Å². The Hall–Kier alpha value is -2.45. The van der Waals surface area contributed by atoms with Gasteiger partial charge in [-0.2, -0.15) is 0 Å². The topological polar surface area (TPSA) is 327 Å². The summed E-state index contributed by atoms with van der Waals surface area (Å²) in [5.41, 5.74) is -0.346. The van der Waals surface area contributed by atoms with Crippen molar-refractivity contribution in [3.63, 3.8) is 0 Å². The van der Waals surface area contributed by atoms with Crippen LogP contribution >= 0.6 is 0 Å². The molecule has 3 aliphatic heterocycles. The number of rotatable bonds is 12. The second-order valence-corrected chi connectivity index (χ2v) is 24.4. The van der Waals surface area contributed by atoms with E-state index < -0.39 is 134 Å². The third kappa shape index (κ3) is 8.88. The lowest BCUT2D eigenvalue weighted by Gasteiger charge is -2.72. The van der Waals surface area contributed by atoms with Gasteiger partial charge in [-0.3, -0.25) is 4.79 Å². The van der Waals surface area contributed by atoms with Crippen LogP contribution in [0.15, 0.2) is 11.6 Å². The number of fused-ring (bicyclic) bond motifs is 7. The molecule has 72 heavy (non-hydrogen) atoms. The smallest absolute Gasteiger partial charge is 0.335 e. The normalized spacial score (nSPS) is 52.1. The lowest BCUT2D eigenvalue weighted by molar-refractivity contribution is -0.394. The van der Waals surface area contributed by atoms with Crippen LogP contribution in [0.4, 0.5) is 0 Å². The molecule has 4 saturated carbocycles. The van der Waals surface area contributed by atoms with E-state index in [2.05, 4.69) is 47.6 Å². The minimum absolute atomic E-state index is 0.00888. The molecule has 21 nitrogen and oxygen atoms in total. The van der Waals surface area contributed by atoms with E-state index in [9.17, 15) is 65.4 Å². The molecule has 8 rings (SSSR count). The highest BCUT2D eigenvalue weighted by Crippen LogP contribution is 2.76. The van der Waals surface area contributed by atoms with Crippen molar-refractivity contribution < 1.29 is 103 Å². The van der Waals surface area contributed by atoms with Gasteiger partial charge in [0.25, 0.3) is 0 Å². The number of aliphatic carboxylic acids is 2. The summed E-state index contributed by atoms with van der Waals surface area (Å²) in [4.78, 5) is 36.9. The highest BCUT2D eigenvalue weighted by molar-refractivity contribution is 5.74. The second kappa shape index (κ2) is 19.8. The summed E-state index contributed by atoms with van der Waals surface area (Å²) in [6, 6.07) is 0. The summed E-state index contributed by atoms with van der Waals surface area (Å²) in [5.74, 6) is -3.90. The minimum Gasteiger partial charge on any atom is -0.479 e. The first kappa shape index (κ1) is 55.8. The Morgan fingerprint density at radius 3 is 1.78 bits per heavy atom. The number of aliphatic hydroxyl groups excluding tert-OH is 8. The zero-order valence-electron chi connectivity index (χ0n) is 42.9. The van der Waals surface area contributed by atoms with Gasteiger partial charge in [-0.1, -0.05) is 60.1 Å². The lowest BCUT2D eigenvalue weighted by Crippen LogP contribution is -2.69. The number of allylic oxidation sites excluding steroid dienone is 2. The molecule has 410 valence electrons. The molecule has 0 aromatic rings. The van der Waals surface area contributed by atoms with E-state index in [-0.39, 0.29) is 51.4 Å². The summed E-state index contributed by atoms with van der Waals surface area (Å²) in [5, 5.41) is 110. The number of hydrogen-bond donors (Lipinski definition) is 10. The van der Waals surface area contributed by atoms with E-state index in [4.69, 9.17) is 37.9 Å². The van der Waals surface area contributed by atoms with Crippen molar-refractivity contribution >= 4 is 17.9 Å². The van der Waals surface area contributed by atoms with Crippen molar-refractivity contribution in [1.29, 1.82) is 0 Å². The standard InChI is InChI=1S/C51H80O21/c1-22(54)66-35-25(20-52)67-43(34(60)36(35)65-9)71-40-33(59)31(57)38(42(63)64)70-45(40)72-39-32(58)30(56)37(41(61)62)69-44(39)68-29-13-14-48(5)26(49(29,6)21-53)12-15-51(8)27(48)11-10-23-24-18-46(2,3)19-28(55)47(24,4)16-17-50(23,51)7/h10,24-40,43-45,52-53,55-60H,11-21H2,1-9H3,(H,61,62)(H,63,64). The number of carbonyl (C=O) groups excluding carboxylic acids is 1. The SMILES string of the molecule is COC1C(O)C(OC2C(OC3C(OC4CCC5(C)C(CCC6(C)C5CC=C5C7CC(C)(C)CC(O)C7(C)CCC56C)C4(C)CO)OC(C(=O)O)C(O)C3O)OC(C(=O)O)C(O)C2O)OC(CO)C1OC(C)=O. The van der Waals surface area contributed by atoms with Crippen LogP contribution in [-0.2, 0) is 52.3 Å². The Morgan fingerprint density at radius 1 is 0.653 bits per heavy atom. The summed E-state index contributed by atoms with van der Waals surface area (Å²) in [7, 11) is 1.17. The number of ether oxygens (including phenoxy) is 8. The van der Waals surface area contributed by atoms with Gasteiger partial charge in [0.15, 0.2) is 37.2 Å². The molecule has 0 aromatic carbocycles. The van der Waals surface area contributed by atoms with Crippen molar-refractivity contribution in [2.75, 3.05) is 20.3 Å². The average molecular weight is 1030 g/mol. The van der Waals surface area contributed by atoms with Crippen LogP contribution in [0.25, 0.3) is 0 Å². The van der Waals surface area contributed by atoms with E-state index in [0.717, 1.165) is 45.4 Å². The van der Waals surface area contributed by atoms with Crippen molar-refractivity contribution in [3.8, 4) is 0 Å². The Balaban J connectivity index is 1.08. The van der Waals surface area contributed by atoms with Crippen LogP contribution in [0.3, 0.4) is 0 Å². The molecule has 0 aromatic heterocycles. The molecule has 10 N–H and O–H groups in total. The monoisotopic (exact) mass is 1030 g/mol. The van der Waals surface area contributed by atoms with Gasteiger partial charge in [0.2, 0.25) is 0 Å². The molecule has 3 heterocycles. The van der Waals surface area contributed by atoms with E-state index in [1.165, 1.54) is 12.7 Å². The molecule has 0 amide bonds. The van der Waals surface area contributed by atoms with Crippen LogP contribution in [0, 0.1) is 50.2 Å². The largest absolute Gasteiger partial charge is 0.479 e.